The number of imide groups is 1. The van der Waals surface area contributed by atoms with Crippen molar-refractivity contribution in [3.8, 4) is 11.5 Å². The summed E-state index contributed by atoms with van der Waals surface area (Å²) in [6.07, 6.45) is 1.36. The van der Waals surface area contributed by atoms with Gasteiger partial charge < -0.3 is 14.5 Å². The van der Waals surface area contributed by atoms with E-state index in [1.165, 1.54) is 12.3 Å². The molecule has 2 aromatic carbocycles. The summed E-state index contributed by atoms with van der Waals surface area (Å²) in [6.45, 7) is 0. The Bertz CT molecular complexity index is 829. The van der Waals surface area contributed by atoms with E-state index in [0.717, 1.165) is 0 Å². The summed E-state index contributed by atoms with van der Waals surface area (Å²) in [5, 5.41) is 4.77. The van der Waals surface area contributed by atoms with Crippen LogP contribution in [-0.2, 0) is 0 Å². The van der Waals surface area contributed by atoms with Crippen molar-refractivity contribution in [2.45, 2.75) is 0 Å². The maximum absolute atomic E-state index is 12.0. The van der Waals surface area contributed by atoms with Crippen LogP contribution in [0.3, 0.4) is 0 Å². The molecule has 1 heterocycles. The minimum Gasteiger partial charge on any atom is -0.459 e. The SMILES string of the molecule is O=C(NC(=O)c1ccco1)Nc1ccccc1Oc1ccccc1. The van der Waals surface area contributed by atoms with E-state index < -0.39 is 11.9 Å². The van der Waals surface area contributed by atoms with Crippen LogP contribution in [0.4, 0.5) is 10.5 Å². The third kappa shape index (κ3) is 3.80. The van der Waals surface area contributed by atoms with E-state index >= 15 is 0 Å². The maximum atomic E-state index is 12.0. The molecule has 0 aliphatic carbocycles. The van der Waals surface area contributed by atoms with Gasteiger partial charge in [0.05, 0.1) is 12.0 Å². The second-order valence-corrected chi connectivity index (χ2v) is 4.80. The highest BCUT2D eigenvalue weighted by Gasteiger charge is 2.14. The molecule has 2 N–H and O–H groups in total. The Kier molecular flexibility index (Phi) is 4.57. The van der Waals surface area contributed by atoms with E-state index in [1.54, 1.807) is 42.5 Å². The van der Waals surface area contributed by atoms with Crippen molar-refractivity contribution in [2.75, 3.05) is 5.32 Å². The molecule has 0 aliphatic heterocycles. The number of rotatable bonds is 4. The van der Waals surface area contributed by atoms with Crippen LogP contribution in [0.1, 0.15) is 10.6 Å². The lowest BCUT2D eigenvalue weighted by Crippen LogP contribution is -2.34. The van der Waals surface area contributed by atoms with Gasteiger partial charge in [0.1, 0.15) is 5.75 Å². The summed E-state index contributed by atoms with van der Waals surface area (Å²) in [5.74, 6) is 0.529. The molecule has 3 aromatic rings. The van der Waals surface area contributed by atoms with E-state index in [2.05, 4.69) is 10.6 Å². The first kappa shape index (κ1) is 15.4. The molecule has 0 fully saturated rings. The number of hydrogen-bond acceptors (Lipinski definition) is 4. The van der Waals surface area contributed by atoms with Gasteiger partial charge in [-0.05, 0) is 36.4 Å². The van der Waals surface area contributed by atoms with Crippen LogP contribution in [0.25, 0.3) is 0 Å². The average Bonchev–Trinajstić information content (AvgIpc) is 3.12. The number of anilines is 1. The zero-order chi connectivity index (χ0) is 16.8. The molecule has 24 heavy (non-hydrogen) atoms. The van der Waals surface area contributed by atoms with Crippen molar-refractivity contribution in [2.24, 2.45) is 0 Å². The summed E-state index contributed by atoms with van der Waals surface area (Å²) in [5.41, 5.74) is 0.436. The number of benzene rings is 2. The van der Waals surface area contributed by atoms with Crippen molar-refractivity contribution >= 4 is 17.6 Å². The number of hydrogen-bond donors (Lipinski definition) is 2. The molecular formula is C18H14N2O4. The molecule has 3 amide bonds. The lowest BCUT2D eigenvalue weighted by molar-refractivity contribution is 0.0940. The number of carbonyl (C=O) groups is 2. The highest BCUT2D eigenvalue weighted by atomic mass is 16.5. The second kappa shape index (κ2) is 7.15. The molecule has 6 heteroatoms. The lowest BCUT2D eigenvalue weighted by atomic mass is 10.3. The van der Waals surface area contributed by atoms with Crippen LogP contribution in [0.2, 0.25) is 0 Å². The number of amides is 3. The summed E-state index contributed by atoms with van der Waals surface area (Å²) < 4.78 is 10.7. The van der Waals surface area contributed by atoms with Crippen molar-refractivity contribution in [3.05, 3.63) is 78.8 Å². The van der Waals surface area contributed by atoms with Crippen LogP contribution < -0.4 is 15.4 Å². The van der Waals surface area contributed by atoms with Crippen molar-refractivity contribution in [1.29, 1.82) is 0 Å². The minimum atomic E-state index is -0.680. The Balaban J connectivity index is 1.68. The minimum absolute atomic E-state index is 0.0546. The van der Waals surface area contributed by atoms with E-state index in [1.807, 2.05) is 18.2 Å². The van der Waals surface area contributed by atoms with E-state index in [4.69, 9.17) is 9.15 Å². The summed E-state index contributed by atoms with van der Waals surface area (Å²) in [4.78, 5) is 23.8. The monoisotopic (exact) mass is 322 g/mol. The first-order valence-corrected chi connectivity index (χ1v) is 7.20. The third-order valence-electron chi connectivity index (χ3n) is 3.08. The third-order valence-corrected chi connectivity index (χ3v) is 3.08. The Morgan fingerprint density at radius 3 is 2.38 bits per heavy atom. The molecule has 120 valence electrons. The predicted octanol–water partition coefficient (Wildman–Crippen LogP) is 4.03. The zero-order valence-electron chi connectivity index (χ0n) is 12.6. The van der Waals surface area contributed by atoms with E-state index in [9.17, 15) is 9.59 Å². The second-order valence-electron chi connectivity index (χ2n) is 4.80. The lowest BCUT2D eigenvalue weighted by Gasteiger charge is -2.12. The van der Waals surface area contributed by atoms with Gasteiger partial charge in [0.2, 0.25) is 0 Å². The Morgan fingerprint density at radius 1 is 0.875 bits per heavy atom. The standard InChI is InChI=1S/C18H14N2O4/c21-17(16-11-6-12-23-16)20-18(22)19-14-9-4-5-10-15(14)24-13-7-2-1-3-8-13/h1-12H,(H2,19,20,21,22). The number of urea groups is 1. The maximum Gasteiger partial charge on any atom is 0.326 e. The van der Waals surface area contributed by atoms with Crippen LogP contribution in [0, 0.1) is 0 Å². The van der Waals surface area contributed by atoms with Crippen LogP contribution in [0.5, 0.6) is 11.5 Å². The van der Waals surface area contributed by atoms with Crippen molar-refractivity contribution in [3.63, 3.8) is 0 Å². The molecule has 0 atom stereocenters. The molecule has 0 bridgehead atoms. The van der Waals surface area contributed by atoms with Crippen LogP contribution in [-0.4, -0.2) is 11.9 Å². The van der Waals surface area contributed by atoms with Crippen molar-refractivity contribution in [1.82, 2.24) is 5.32 Å². The van der Waals surface area contributed by atoms with Gasteiger partial charge in [0.15, 0.2) is 11.5 Å². The molecular weight excluding hydrogens is 308 g/mol. The van der Waals surface area contributed by atoms with Gasteiger partial charge in [-0.1, -0.05) is 30.3 Å². The number of para-hydroxylation sites is 3. The van der Waals surface area contributed by atoms with Gasteiger partial charge in [-0.15, -0.1) is 0 Å². The van der Waals surface area contributed by atoms with Crippen LogP contribution in [0.15, 0.2) is 77.4 Å². The fraction of sp³-hybridized carbons (Fsp3) is 0. The summed E-state index contributed by atoms with van der Waals surface area (Å²) in [6, 6.07) is 18.5. The molecule has 0 radical (unpaired) electrons. The molecule has 0 aliphatic rings. The number of carbonyl (C=O) groups excluding carboxylic acids is 2. The molecule has 0 saturated carbocycles. The molecule has 0 saturated heterocycles. The molecule has 3 rings (SSSR count). The first-order chi connectivity index (χ1) is 11.7. The van der Waals surface area contributed by atoms with E-state index in [-0.39, 0.29) is 5.76 Å². The quantitative estimate of drug-likeness (QED) is 0.760. The smallest absolute Gasteiger partial charge is 0.326 e. The normalized spacial score (nSPS) is 10.0. The Morgan fingerprint density at radius 2 is 1.62 bits per heavy atom. The Labute approximate surface area is 138 Å². The van der Waals surface area contributed by atoms with E-state index in [0.29, 0.717) is 17.2 Å². The van der Waals surface area contributed by atoms with Crippen LogP contribution >= 0.6 is 0 Å². The summed E-state index contributed by atoms with van der Waals surface area (Å²) in [7, 11) is 0. The zero-order valence-corrected chi connectivity index (χ0v) is 12.6. The fourth-order valence-electron chi connectivity index (χ4n) is 2.00. The average molecular weight is 322 g/mol. The predicted molar refractivity (Wildman–Crippen MR) is 88.2 cm³/mol. The first-order valence-electron chi connectivity index (χ1n) is 7.20. The molecule has 0 spiro atoms. The number of furan rings is 1. The number of nitrogens with one attached hydrogen (secondary N) is 2. The molecule has 1 aromatic heterocycles. The fourth-order valence-corrected chi connectivity index (χ4v) is 2.00. The van der Waals surface area contributed by atoms with Gasteiger partial charge in [-0.2, -0.15) is 0 Å². The highest BCUT2D eigenvalue weighted by molar-refractivity contribution is 6.07. The largest absolute Gasteiger partial charge is 0.459 e. The van der Waals surface area contributed by atoms with Gasteiger partial charge in [-0.3, -0.25) is 10.1 Å². The number of ether oxygens (including phenoxy) is 1. The van der Waals surface area contributed by atoms with Gasteiger partial charge >= 0.3 is 6.03 Å². The van der Waals surface area contributed by atoms with Gasteiger partial charge in [-0.25, -0.2) is 4.79 Å². The van der Waals surface area contributed by atoms with Gasteiger partial charge in [0, 0.05) is 0 Å². The van der Waals surface area contributed by atoms with Crippen molar-refractivity contribution < 1.29 is 18.7 Å². The topological polar surface area (TPSA) is 80.6 Å². The Hall–Kier alpha value is -3.54. The highest BCUT2D eigenvalue weighted by Crippen LogP contribution is 2.28. The van der Waals surface area contributed by atoms with Gasteiger partial charge in [0.25, 0.3) is 5.91 Å². The molecule has 6 nitrogen and oxygen atoms in total. The molecule has 0 unspecified atom stereocenters. The summed E-state index contributed by atoms with van der Waals surface area (Å²) >= 11 is 0.